The van der Waals surface area contributed by atoms with Crippen LogP contribution in [0.3, 0.4) is 0 Å². The molecule has 0 atom stereocenters. The van der Waals surface area contributed by atoms with Crippen molar-refractivity contribution >= 4 is 33.2 Å². The van der Waals surface area contributed by atoms with Gasteiger partial charge in [0, 0.05) is 32.2 Å². The maximum atomic E-state index is 13.4. The minimum Gasteiger partial charge on any atom is -0.349 e. The second kappa shape index (κ2) is 11.2. The predicted octanol–water partition coefficient (Wildman–Crippen LogP) is 4.95. The molecule has 0 radical (unpaired) electrons. The van der Waals surface area contributed by atoms with E-state index in [9.17, 15) is 13.2 Å². The maximum absolute atomic E-state index is 13.4. The van der Waals surface area contributed by atoms with E-state index in [-0.39, 0.29) is 34.0 Å². The van der Waals surface area contributed by atoms with Gasteiger partial charge in [-0.15, -0.1) is 0 Å². The van der Waals surface area contributed by atoms with Gasteiger partial charge >= 0.3 is 0 Å². The monoisotopic (exact) mass is 511 g/mol. The Morgan fingerprint density at radius 1 is 1.00 bits per heavy atom. The van der Waals surface area contributed by atoms with Gasteiger partial charge in [-0.3, -0.25) is 14.0 Å². The molecule has 3 aromatic rings. The van der Waals surface area contributed by atoms with E-state index in [1.807, 2.05) is 24.3 Å². The fraction of sp³-hybridized carbons (Fsp3) is 0.296. The summed E-state index contributed by atoms with van der Waals surface area (Å²) in [5.41, 5.74) is 2.01. The van der Waals surface area contributed by atoms with E-state index in [0.29, 0.717) is 5.69 Å². The Morgan fingerprint density at radius 2 is 1.63 bits per heavy atom. The van der Waals surface area contributed by atoms with E-state index in [2.05, 4.69) is 22.3 Å². The van der Waals surface area contributed by atoms with E-state index in [4.69, 9.17) is 11.6 Å². The maximum Gasteiger partial charge on any atom is 0.264 e. The van der Waals surface area contributed by atoms with E-state index >= 15 is 0 Å². The molecule has 1 fully saturated rings. The number of sulfonamides is 1. The summed E-state index contributed by atoms with van der Waals surface area (Å²) in [7, 11) is -3.86. The molecule has 1 N–H and O–H groups in total. The molecule has 1 aliphatic rings. The van der Waals surface area contributed by atoms with Crippen molar-refractivity contribution in [2.24, 2.45) is 0 Å². The Bertz CT molecular complexity index is 1250. The van der Waals surface area contributed by atoms with Gasteiger partial charge in [-0.25, -0.2) is 8.42 Å². The summed E-state index contributed by atoms with van der Waals surface area (Å²) in [5, 5.41) is 3.28. The Kier molecular flexibility index (Phi) is 8.11. The SMILES string of the molecule is CCN(c1ccccc1)S(=O)(=O)c1ccc(Cl)c(C(=O)NC2CCN(Cc3ccccc3)CC2)c1. The number of rotatable bonds is 8. The summed E-state index contributed by atoms with van der Waals surface area (Å²) in [5.74, 6) is -0.351. The number of nitrogens with zero attached hydrogens (tertiary/aromatic N) is 2. The van der Waals surface area contributed by atoms with Crippen LogP contribution in [0.4, 0.5) is 5.69 Å². The molecule has 8 heteroatoms. The first kappa shape index (κ1) is 25.2. The summed E-state index contributed by atoms with van der Waals surface area (Å²) in [6, 6.07) is 23.6. The van der Waals surface area contributed by atoms with Gasteiger partial charge in [0.25, 0.3) is 15.9 Å². The highest BCUT2D eigenvalue weighted by molar-refractivity contribution is 7.92. The molecule has 0 aromatic heterocycles. The number of carbonyl (C=O) groups is 1. The van der Waals surface area contributed by atoms with Crippen LogP contribution in [0.2, 0.25) is 5.02 Å². The number of nitrogens with one attached hydrogen (secondary N) is 1. The molecule has 0 saturated carbocycles. The average molecular weight is 512 g/mol. The topological polar surface area (TPSA) is 69.7 Å². The molecule has 184 valence electrons. The summed E-state index contributed by atoms with van der Waals surface area (Å²) in [4.78, 5) is 15.5. The molecular weight excluding hydrogens is 482 g/mol. The first-order valence-electron chi connectivity index (χ1n) is 11.8. The summed E-state index contributed by atoms with van der Waals surface area (Å²) >= 11 is 6.33. The molecule has 0 bridgehead atoms. The van der Waals surface area contributed by atoms with Gasteiger partial charge in [-0.05, 0) is 55.7 Å². The lowest BCUT2D eigenvalue weighted by atomic mass is 10.0. The third kappa shape index (κ3) is 6.04. The zero-order chi connectivity index (χ0) is 24.8. The van der Waals surface area contributed by atoms with Crippen LogP contribution in [0.15, 0.2) is 83.8 Å². The van der Waals surface area contributed by atoms with Crippen molar-refractivity contribution in [3.63, 3.8) is 0 Å². The molecule has 1 aliphatic heterocycles. The van der Waals surface area contributed by atoms with Gasteiger partial charge in [0.2, 0.25) is 0 Å². The van der Waals surface area contributed by atoms with Crippen molar-refractivity contribution in [2.75, 3.05) is 23.9 Å². The van der Waals surface area contributed by atoms with Gasteiger partial charge < -0.3 is 5.32 Å². The third-order valence-corrected chi connectivity index (χ3v) is 8.50. The highest BCUT2D eigenvalue weighted by Gasteiger charge is 2.27. The lowest BCUT2D eigenvalue weighted by Gasteiger charge is -2.32. The number of halogens is 1. The Balaban J connectivity index is 1.43. The number of piperidine rings is 1. The molecule has 1 saturated heterocycles. The molecule has 0 aliphatic carbocycles. The number of hydrogen-bond acceptors (Lipinski definition) is 4. The number of carbonyl (C=O) groups excluding carboxylic acids is 1. The highest BCUT2D eigenvalue weighted by atomic mass is 35.5. The normalized spacial score (nSPS) is 15.0. The van der Waals surface area contributed by atoms with Crippen LogP contribution in [-0.2, 0) is 16.6 Å². The minimum atomic E-state index is -3.86. The zero-order valence-electron chi connectivity index (χ0n) is 19.7. The molecule has 35 heavy (non-hydrogen) atoms. The standard InChI is InChI=1S/C27H30ClN3O3S/c1-2-31(23-11-7-4-8-12-23)35(33,34)24-13-14-26(28)25(19-24)27(32)29-22-15-17-30(18-16-22)20-21-9-5-3-6-10-21/h3-14,19,22H,2,15-18,20H2,1H3,(H,29,32). The van der Waals surface area contributed by atoms with Crippen LogP contribution >= 0.6 is 11.6 Å². The number of likely N-dealkylation sites (tertiary alicyclic amines) is 1. The summed E-state index contributed by atoms with van der Waals surface area (Å²) < 4.78 is 28.1. The van der Waals surface area contributed by atoms with Crippen molar-refractivity contribution in [3.05, 3.63) is 95.0 Å². The highest BCUT2D eigenvalue weighted by Crippen LogP contribution is 2.27. The second-order valence-corrected chi connectivity index (χ2v) is 10.9. The van der Waals surface area contributed by atoms with Crippen LogP contribution in [0.25, 0.3) is 0 Å². The van der Waals surface area contributed by atoms with Crippen LogP contribution in [0, 0.1) is 0 Å². The van der Waals surface area contributed by atoms with Crippen LogP contribution in [0.5, 0.6) is 0 Å². The number of para-hydroxylation sites is 1. The van der Waals surface area contributed by atoms with Crippen molar-refractivity contribution in [3.8, 4) is 0 Å². The van der Waals surface area contributed by atoms with Gasteiger partial charge in [0.15, 0.2) is 0 Å². The van der Waals surface area contributed by atoms with Crippen LogP contribution < -0.4 is 9.62 Å². The number of benzene rings is 3. The Labute approximate surface area is 212 Å². The molecule has 1 amide bonds. The molecule has 6 nitrogen and oxygen atoms in total. The van der Waals surface area contributed by atoms with Gasteiger partial charge in [-0.1, -0.05) is 60.1 Å². The number of amides is 1. The smallest absolute Gasteiger partial charge is 0.264 e. The number of hydrogen-bond donors (Lipinski definition) is 1. The molecule has 4 rings (SSSR count). The Hall–Kier alpha value is -2.87. The quantitative estimate of drug-likeness (QED) is 0.464. The van der Waals surface area contributed by atoms with E-state index in [0.717, 1.165) is 32.5 Å². The Morgan fingerprint density at radius 3 is 2.26 bits per heavy atom. The van der Waals surface area contributed by atoms with Crippen molar-refractivity contribution < 1.29 is 13.2 Å². The van der Waals surface area contributed by atoms with E-state index in [1.165, 1.54) is 28.1 Å². The largest absolute Gasteiger partial charge is 0.349 e. The van der Waals surface area contributed by atoms with Crippen molar-refractivity contribution in [1.82, 2.24) is 10.2 Å². The van der Waals surface area contributed by atoms with Crippen LogP contribution in [-0.4, -0.2) is 44.9 Å². The molecular formula is C27H30ClN3O3S. The van der Waals surface area contributed by atoms with Gasteiger partial charge in [0.05, 0.1) is 21.2 Å². The predicted molar refractivity (Wildman–Crippen MR) is 140 cm³/mol. The minimum absolute atomic E-state index is 0.0160. The molecule has 1 heterocycles. The average Bonchev–Trinajstić information content (AvgIpc) is 2.87. The van der Waals surface area contributed by atoms with Crippen molar-refractivity contribution in [2.45, 2.75) is 37.2 Å². The lowest BCUT2D eigenvalue weighted by molar-refractivity contribution is 0.0909. The van der Waals surface area contributed by atoms with E-state index in [1.54, 1.807) is 31.2 Å². The van der Waals surface area contributed by atoms with Crippen molar-refractivity contribution in [1.29, 1.82) is 0 Å². The zero-order valence-corrected chi connectivity index (χ0v) is 21.3. The first-order valence-corrected chi connectivity index (χ1v) is 13.6. The number of anilines is 1. The second-order valence-electron chi connectivity index (χ2n) is 8.66. The first-order chi connectivity index (χ1) is 16.9. The van der Waals surface area contributed by atoms with Gasteiger partial charge in [-0.2, -0.15) is 0 Å². The molecule has 3 aromatic carbocycles. The summed E-state index contributed by atoms with van der Waals surface area (Å²) in [6.07, 6.45) is 1.65. The van der Waals surface area contributed by atoms with Gasteiger partial charge in [0.1, 0.15) is 0 Å². The summed E-state index contributed by atoms with van der Waals surface area (Å²) in [6.45, 7) is 4.69. The fourth-order valence-electron chi connectivity index (χ4n) is 4.39. The molecule has 0 unspecified atom stereocenters. The molecule has 0 spiro atoms. The van der Waals surface area contributed by atoms with Crippen LogP contribution in [0.1, 0.15) is 35.7 Å². The fourth-order valence-corrected chi connectivity index (χ4v) is 6.10. The van der Waals surface area contributed by atoms with E-state index < -0.39 is 10.0 Å². The third-order valence-electron chi connectivity index (χ3n) is 6.27. The lowest BCUT2D eigenvalue weighted by Crippen LogP contribution is -2.44.